The van der Waals surface area contributed by atoms with Crippen molar-refractivity contribution in [2.75, 3.05) is 12.9 Å². The summed E-state index contributed by atoms with van der Waals surface area (Å²) in [6.07, 6.45) is 5.25. The minimum atomic E-state index is -0.123. The molecule has 0 bridgehead atoms. The summed E-state index contributed by atoms with van der Waals surface area (Å²) in [6, 6.07) is 11.4. The number of pyridine rings is 1. The number of carbonyl (C=O) groups is 1. The summed E-state index contributed by atoms with van der Waals surface area (Å²) in [5.41, 5.74) is 2.94. The van der Waals surface area contributed by atoms with Gasteiger partial charge in [0.1, 0.15) is 5.75 Å². The molecule has 6 nitrogen and oxygen atoms in total. The molecular formula is C20H22N4O2S. The van der Waals surface area contributed by atoms with Gasteiger partial charge in [-0.05, 0) is 50.2 Å². The van der Waals surface area contributed by atoms with Crippen molar-refractivity contribution in [2.45, 2.75) is 24.8 Å². The molecule has 1 atom stereocenters. The normalized spacial score (nSPS) is 11.8. The third-order valence-electron chi connectivity index (χ3n) is 4.23. The fourth-order valence-electron chi connectivity index (χ4n) is 2.78. The molecule has 27 heavy (non-hydrogen) atoms. The zero-order valence-corrected chi connectivity index (χ0v) is 16.4. The number of ether oxygens (including phenoxy) is 1. The second-order valence-electron chi connectivity index (χ2n) is 6.06. The number of rotatable bonds is 7. The van der Waals surface area contributed by atoms with Crippen LogP contribution in [0.3, 0.4) is 0 Å². The molecule has 0 aliphatic rings. The number of thioether (sulfide) groups is 1. The Morgan fingerprint density at radius 2 is 1.93 bits per heavy atom. The zero-order chi connectivity index (χ0) is 19.2. The number of amides is 1. The van der Waals surface area contributed by atoms with Crippen LogP contribution in [-0.2, 0) is 4.79 Å². The predicted octanol–water partition coefficient (Wildman–Crippen LogP) is 3.55. The molecule has 140 valence electrons. The number of hydrogen-bond acceptors (Lipinski definition) is 5. The molecule has 2 heterocycles. The second-order valence-corrected chi connectivity index (χ2v) is 7.10. The van der Waals surface area contributed by atoms with E-state index in [4.69, 9.17) is 4.74 Å². The Morgan fingerprint density at radius 1 is 1.22 bits per heavy atom. The maximum atomic E-state index is 12.3. The lowest BCUT2D eigenvalue weighted by Crippen LogP contribution is -2.28. The van der Waals surface area contributed by atoms with Gasteiger partial charge in [-0.2, -0.15) is 5.10 Å². The topological polar surface area (TPSA) is 69.0 Å². The monoisotopic (exact) mass is 382 g/mol. The molecule has 1 N–H and O–H groups in total. The van der Waals surface area contributed by atoms with Crippen LogP contribution < -0.4 is 10.1 Å². The van der Waals surface area contributed by atoms with Crippen molar-refractivity contribution in [1.29, 1.82) is 0 Å². The van der Waals surface area contributed by atoms with Crippen LogP contribution in [0, 0.1) is 6.92 Å². The highest BCUT2D eigenvalue weighted by atomic mass is 32.2. The molecule has 2 aromatic heterocycles. The lowest BCUT2D eigenvalue weighted by molar-refractivity contribution is -0.119. The number of hydrogen-bond donors (Lipinski definition) is 1. The van der Waals surface area contributed by atoms with E-state index in [0.29, 0.717) is 5.75 Å². The maximum Gasteiger partial charge on any atom is 0.230 e. The van der Waals surface area contributed by atoms with Gasteiger partial charge in [-0.1, -0.05) is 0 Å². The van der Waals surface area contributed by atoms with Crippen LogP contribution in [0.5, 0.6) is 5.75 Å². The van der Waals surface area contributed by atoms with Gasteiger partial charge in [0.15, 0.2) is 0 Å². The van der Waals surface area contributed by atoms with Crippen LogP contribution in [0.4, 0.5) is 0 Å². The first-order chi connectivity index (χ1) is 13.1. The van der Waals surface area contributed by atoms with Crippen molar-refractivity contribution < 1.29 is 9.53 Å². The summed E-state index contributed by atoms with van der Waals surface area (Å²) in [6.45, 7) is 3.97. The largest absolute Gasteiger partial charge is 0.497 e. The molecule has 3 aromatic rings. The van der Waals surface area contributed by atoms with E-state index in [2.05, 4.69) is 15.4 Å². The summed E-state index contributed by atoms with van der Waals surface area (Å²) < 4.78 is 7.06. The third-order valence-corrected chi connectivity index (χ3v) is 5.24. The molecule has 0 radical (unpaired) electrons. The molecule has 0 fully saturated rings. The standard InChI is InChI=1S/C20H22N4O2S/c1-14(23-20(25)13-27-18-8-10-21-11-9-18)19-12-22-24(15(19)2)16-4-6-17(26-3)7-5-16/h4-12,14H,13H2,1-3H3,(H,23,25)/t14-/m1/s1. The van der Waals surface area contributed by atoms with E-state index in [1.807, 2.05) is 54.9 Å². The third kappa shape index (κ3) is 4.68. The lowest BCUT2D eigenvalue weighted by atomic mass is 10.1. The minimum Gasteiger partial charge on any atom is -0.497 e. The van der Waals surface area contributed by atoms with E-state index >= 15 is 0 Å². The zero-order valence-electron chi connectivity index (χ0n) is 15.5. The number of nitrogens with zero attached hydrogens (tertiary/aromatic N) is 3. The van der Waals surface area contributed by atoms with E-state index in [9.17, 15) is 4.79 Å². The van der Waals surface area contributed by atoms with Crippen molar-refractivity contribution in [3.8, 4) is 11.4 Å². The van der Waals surface area contributed by atoms with Crippen molar-refractivity contribution in [1.82, 2.24) is 20.1 Å². The highest BCUT2D eigenvalue weighted by Crippen LogP contribution is 2.22. The van der Waals surface area contributed by atoms with Gasteiger partial charge in [0, 0.05) is 28.5 Å². The Labute approximate surface area is 163 Å². The first-order valence-corrected chi connectivity index (χ1v) is 9.58. The van der Waals surface area contributed by atoms with Crippen molar-refractivity contribution in [2.24, 2.45) is 0 Å². The van der Waals surface area contributed by atoms with E-state index in [1.54, 1.807) is 25.7 Å². The molecule has 0 saturated heterocycles. The van der Waals surface area contributed by atoms with Gasteiger partial charge in [0.25, 0.3) is 0 Å². The summed E-state index contributed by atoms with van der Waals surface area (Å²) in [7, 11) is 1.64. The molecule has 0 saturated carbocycles. The Balaban J connectivity index is 1.63. The molecule has 0 spiro atoms. The van der Waals surface area contributed by atoms with Crippen molar-refractivity contribution >= 4 is 17.7 Å². The molecule has 0 unspecified atom stereocenters. The summed E-state index contributed by atoms with van der Waals surface area (Å²) in [5.74, 6) is 1.15. The summed E-state index contributed by atoms with van der Waals surface area (Å²) in [5, 5.41) is 7.52. The first-order valence-electron chi connectivity index (χ1n) is 8.59. The van der Waals surface area contributed by atoms with E-state index in [-0.39, 0.29) is 11.9 Å². The predicted molar refractivity (Wildman–Crippen MR) is 106 cm³/mol. The number of benzene rings is 1. The molecule has 3 rings (SSSR count). The lowest BCUT2D eigenvalue weighted by Gasteiger charge is -2.14. The van der Waals surface area contributed by atoms with E-state index in [1.165, 1.54) is 11.8 Å². The van der Waals surface area contributed by atoms with Crippen LogP contribution in [-0.4, -0.2) is 33.5 Å². The van der Waals surface area contributed by atoms with Crippen molar-refractivity contribution in [3.63, 3.8) is 0 Å². The number of carbonyl (C=O) groups excluding carboxylic acids is 1. The number of aromatic nitrogens is 3. The Kier molecular flexibility index (Phi) is 6.13. The first kappa shape index (κ1) is 19.0. The number of nitrogens with one attached hydrogen (secondary N) is 1. The fraction of sp³-hybridized carbons (Fsp3) is 0.250. The van der Waals surface area contributed by atoms with Gasteiger partial charge in [-0.25, -0.2) is 4.68 Å². The van der Waals surface area contributed by atoms with Crippen LogP contribution in [0.1, 0.15) is 24.2 Å². The Bertz CT molecular complexity index is 894. The Hall–Kier alpha value is -2.80. The SMILES string of the molecule is COc1ccc(-n2ncc([C@@H](C)NC(=O)CSc3ccncc3)c2C)cc1. The van der Waals surface area contributed by atoms with Gasteiger partial charge < -0.3 is 10.1 Å². The molecule has 1 amide bonds. The highest BCUT2D eigenvalue weighted by molar-refractivity contribution is 8.00. The van der Waals surface area contributed by atoms with Gasteiger partial charge in [0.2, 0.25) is 5.91 Å². The average Bonchev–Trinajstić information content (AvgIpc) is 3.09. The second kappa shape index (κ2) is 8.73. The van der Waals surface area contributed by atoms with Gasteiger partial charge in [0.05, 0.1) is 30.8 Å². The average molecular weight is 382 g/mol. The minimum absolute atomic E-state index is 0.0130. The van der Waals surface area contributed by atoms with E-state index < -0.39 is 0 Å². The molecular weight excluding hydrogens is 360 g/mol. The molecule has 0 aliphatic heterocycles. The van der Waals surface area contributed by atoms with Crippen LogP contribution in [0.15, 0.2) is 59.9 Å². The van der Waals surface area contributed by atoms with Crippen LogP contribution >= 0.6 is 11.8 Å². The van der Waals surface area contributed by atoms with Gasteiger partial charge in [-0.3, -0.25) is 9.78 Å². The van der Waals surface area contributed by atoms with Crippen LogP contribution in [0.2, 0.25) is 0 Å². The number of methoxy groups -OCH3 is 1. The molecule has 1 aromatic carbocycles. The van der Waals surface area contributed by atoms with Gasteiger partial charge in [-0.15, -0.1) is 11.8 Å². The van der Waals surface area contributed by atoms with Crippen molar-refractivity contribution in [3.05, 3.63) is 66.2 Å². The summed E-state index contributed by atoms with van der Waals surface area (Å²) >= 11 is 1.49. The van der Waals surface area contributed by atoms with Gasteiger partial charge >= 0.3 is 0 Å². The maximum absolute atomic E-state index is 12.3. The quantitative estimate of drug-likeness (QED) is 0.633. The molecule has 0 aliphatic carbocycles. The molecule has 7 heteroatoms. The summed E-state index contributed by atoms with van der Waals surface area (Å²) in [4.78, 5) is 17.3. The van der Waals surface area contributed by atoms with E-state index in [0.717, 1.165) is 27.6 Å². The Morgan fingerprint density at radius 3 is 2.59 bits per heavy atom. The van der Waals surface area contributed by atoms with Crippen LogP contribution in [0.25, 0.3) is 5.69 Å². The fourth-order valence-corrected chi connectivity index (χ4v) is 3.47. The smallest absolute Gasteiger partial charge is 0.230 e. The highest BCUT2D eigenvalue weighted by Gasteiger charge is 2.16.